The van der Waals surface area contributed by atoms with Crippen molar-refractivity contribution in [3.63, 3.8) is 0 Å². The lowest BCUT2D eigenvalue weighted by molar-refractivity contribution is 1.55. The molecule has 0 radical (unpaired) electrons. The largest absolute Gasteiger partial charge is 0.0622 e. The summed E-state index contributed by atoms with van der Waals surface area (Å²) in [6, 6.07) is 29.7. The van der Waals surface area contributed by atoms with Gasteiger partial charge in [0, 0.05) is 0 Å². The third-order valence-corrected chi connectivity index (χ3v) is 3.63. The molecule has 0 atom stereocenters. The fourth-order valence-electron chi connectivity index (χ4n) is 2.44. The van der Waals surface area contributed by atoms with Crippen molar-refractivity contribution in [2.45, 2.75) is 6.92 Å². The molecule has 0 nitrogen and oxygen atoms in total. The van der Waals surface area contributed by atoms with Crippen molar-refractivity contribution in [2.75, 3.05) is 0 Å². The smallest absolute Gasteiger partial charge is 0.0184 e. The number of hydrogen-bond donors (Lipinski definition) is 0. The van der Waals surface area contributed by atoms with Gasteiger partial charge in [0.05, 0.1) is 0 Å². The lowest BCUT2D eigenvalue weighted by Crippen LogP contribution is -1.82. The fourth-order valence-corrected chi connectivity index (χ4v) is 2.44. The van der Waals surface area contributed by atoms with Gasteiger partial charge in [-0.05, 0) is 34.8 Å². The van der Waals surface area contributed by atoms with E-state index < -0.39 is 0 Å². The maximum Gasteiger partial charge on any atom is -0.0184 e. The van der Waals surface area contributed by atoms with Gasteiger partial charge in [-0.1, -0.05) is 91.0 Å². The second-order valence-electron chi connectivity index (χ2n) is 5.18. The summed E-state index contributed by atoms with van der Waals surface area (Å²) >= 11 is 0. The molecule has 0 saturated heterocycles. The average Bonchev–Trinajstić information content (AvgIpc) is 2.57. The van der Waals surface area contributed by atoms with Crippen LogP contribution in [0.1, 0.15) is 18.1 Å². The third-order valence-electron chi connectivity index (χ3n) is 3.63. The van der Waals surface area contributed by atoms with E-state index in [9.17, 15) is 0 Å². The lowest BCUT2D eigenvalue weighted by Gasteiger charge is -2.05. The minimum atomic E-state index is 1.24. The van der Waals surface area contributed by atoms with Gasteiger partial charge in [-0.15, -0.1) is 0 Å². The van der Waals surface area contributed by atoms with Crippen LogP contribution in [0.15, 0.2) is 84.9 Å². The SMILES string of the molecule is CC(=Cc1ccccc1)c1ccc(-c2ccccc2)cc1. The highest BCUT2D eigenvalue weighted by molar-refractivity contribution is 5.81. The zero-order chi connectivity index (χ0) is 14.5. The van der Waals surface area contributed by atoms with E-state index in [1.54, 1.807) is 0 Å². The maximum absolute atomic E-state index is 2.22. The molecule has 0 spiro atoms. The van der Waals surface area contributed by atoms with E-state index in [0.29, 0.717) is 0 Å². The normalized spacial score (nSPS) is 11.4. The van der Waals surface area contributed by atoms with Gasteiger partial charge in [0.1, 0.15) is 0 Å². The van der Waals surface area contributed by atoms with Crippen molar-refractivity contribution in [1.29, 1.82) is 0 Å². The van der Waals surface area contributed by atoms with Crippen LogP contribution in [-0.4, -0.2) is 0 Å². The molecule has 0 aliphatic rings. The van der Waals surface area contributed by atoms with E-state index in [0.717, 1.165) is 0 Å². The first-order valence-electron chi connectivity index (χ1n) is 7.22. The van der Waals surface area contributed by atoms with Crippen LogP contribution in [0, 0.1) is 0 Å². The minimum absolute atomic E-state index is 1.24. The molecule has 0 amide bonds. The third kappa shape index (κ3) is 3.29. The predicted molar refractivity (Wildman–Crippen MR) is 91.9 cm³/mol. The van der Waals surface area contributed by atoms with Gasteiger partial charge in [0.25, 0.3) is 0 Å². The molecule has 0 heteroatoms. The molecule has 3 aromatic carbocycles. The van der Waals surface area contributed by atoms with Crippen LogP contribution in [0.3, 0.4) is 0 Å². The van der Waals surface area contributed by atoms with E-state index >= 15 is 0 Å². The summed E-state index contributed by atoms with van der Waals surface area (Å²) in [7, 11) is 0. The molecule has 0 saturated carbocycles. The molecular formula is C21H18. The van der Waals surface area contributed by atoms with Crippen molar-refractivity contribution < 1.29 is 0 Å². The summed E-state index contributed by atoms with van der Waals surface area (Å²) in [5.41, 5.74) is 6.29. The minimum Gasteiger partial charge on any atom is -0.0622 e. The van der Waals surface area contributed by atoms with Gasteiger partial charge in [0.2, 0.25) is 0 Å². The Balaban J connectivity index is 1.86. The standard InChI is InChI=1S/C21H18/c1-17(16-18-8-4-2-5-9-18)19-12-14-21(15-13-19)20-10-6-3-7-11-20/h2-16H,1H3. The monoisotopic (exact) mass is 270 g/mol. The van der Waals surface area contributed by atoms with Crippen LogP contribution in [0.25, 0.3) is 22.8 Å². The van der Waals surface area contributed by atoms with Crippen molar-refractivity contribution in [1.82, 2.24) is 0 Å². The van der Waals surface area contributed by atoms with Gasteiger partial charge in [-0.25, -0.2) is 0 Å². The molecule has 0 unspecified atom stereocenters. The highest BCUT2D eigenvalue weighted by Gasteiger charge is 1.99. The van der Waals surface area contributed by atoms with Crippen LogP contribution in [0.4, 0.5) is 0 Å². The Morgan fingerprint density at radius 1 is 0.619 bits per heavy atom. The Morgan fingerprint density at radius 3 is 1.76 bits per heavy atom. The molecular weight excluding hydrogens is 252 g/mol. The molecule has 0 aliphatic heterocycles. The molecule has 0 bridgehead atoms. The summed E-state index contributed by atoms with van der Waals surface area (Å²) in [5, 5.41) is 0. The Morgan fingerprint density at radius 2 is 1.14 bits per heavy atom. The van der Waals surface area contributed by atoms with E-state index in [1.165, 1.54) is 27.8 Å². The molecule has 102 valence electrons. The molecule has 0 fully saturated rings. The van der Waals surface area contributed by atoms with E-state index in [4.69, 9.17) is 0 Å². The predicted octanol–water partition coefficient (Wildman–Crippen LogP) is 5.91. The van der Waals surface area contributed by atoms with Crippen molar-refractivity contribution in [3.8, 4) is 11.1 Å². The highest BCUT2D eigenvalue weighted by atomic mass is 14.0. The summed E-state index contributed by atoms with van der Waals surface area (Å²) in [6.07, 6.45) is 2.22. The van der Waals surface area contributed by atoms with Crippen molar-refractivity contribution in [3.05, 3.63) is 96.1 Å². The number of allylic oxidation sites excluding steroid dienone is 1. The number of rotatable bonds is 3. The number of hydrogen-bond acceptors (Lipinski definition) is 0. The first-order chi connectivity index (χ1) is 10.3. The van der Waals surface area contributed by atoms with Crippen LogP contribution in [-0.2, 0) is 0 Å². The van der Waals surface area contributed by atoms with Crippen molar-refractivity contribution >= 4 is 11.6 Å². The first-order valence-corrected chi connectivity index (χ1v) is 7.22. The summed E-state index contributed by atoms with van der Waals surface area (Å²) in [4.78, 5) is 0. The summed E-state index contributed by atoms with van der Waals surface area (Å²) < 4.78 is 0. The summed E-state index contributed by atoms with van der Waals surface area (Å²) in [6.45, 7) is 2.16. The topological polar surface area (TPSA) is 0 Å². The molecule has 3 rings (SSSR count). The number of benzene rings is 3. The maximum atomic E-state index is 2.22. The molecule has 3 aromatic rings. The zero-order valence-corrected chi connectivity index (χ0v) is 12.2. The van der Waals surface area contributed by atoms with E-state index in [1.807, 2.05) is 12.1 Å². The Labute approximate surface area is 126 Å². The fraction of sp³-hybridized carbons (Fsp3) is 0.0476. The Hall–Kier alpha value is -2.60. The molecule has 0 heterocycles. The second-order valence-corrected chi connectivity index (χ2v) is 5.18. The summed E-state index contributed by atoms with van der Waals surface area (Å²) in [5.74, 6) is 0. The van der Waals surface area contributed by atoms with Gasteiger partial charge in [-0.2, -0.15) is 0 Å². The average molecular weight is 270 g/mol. The molecule has 0 N–H and O–H groups in total. The van der Waals surface area contributed by atoms with E-state index in [-0.39, 0.29) is 0 Å². The Bertz CT molecular complexity index is 720. The molecule has 0 aliphatic carbocycles. The highest BCUT2D eigenvalue weighted by Crippen LogP contribution is 2.23. The van der Waals surface area contributed by atoms with Gasteiger partial charge in [-0.3, -0.25) is 0 Å². The first kappa shape index (κ1) is 13.4. The van der Waals surface area contributed by atoms with Crippen LogP contribution in [0.2, 0.25) is 0 Å². The second kappa shape index (κ2) is 6.23. The van der Waals surface area contributed by atoms with Gasteiger partial charge >= 0.3 is 0 Å². The van der Waals surface area contributed by atoms with E-state index in [2.05, 4.69) is 85.8 Å². The molecule has 21 heavy (non-hydrogen) atoms. The van der Waals surface area contributed by atoms with Gasteiger partial charge < -0.3 is 0 Å². The van der Waals surface area contributed by atoms with Crippen molar-refractivity contribution in [2.24, 2.45) is 0 Å². The van der Waals surface area contributed by atoms with Crippen LogP contribution < -0.4 is 0 Å². The van der Waals surface area contributed by atoms with Crippen LogP contribution in [0.5, 0.6) is 0 Å². The zero-order valence-electron chi connectivity index (χ0n) is 12.2. The molecule has 0 aromatic heterocycles. The Kier molecular flexibility index (Phi) is 3.97. The van der Waals surface area contributed by atoms with Gasteiger partial charge in [0.15, 0.2) is 0 Å². The van der Waals surface area contributed by atoms with Crippen LogP contribution >= 0.6 is 0 Å². The quantitative estimate of drug-likeness (QED) is 0.519. The lowest BCUT2D eigenvalue weighted by atomic mass is 10.00.